The summed E-state index contributed by atoms with van der Waals surface area (Å²) in [6.45, 7) is 0. The Morgan fingerprint density at radius 2 is 1.71 bits per heavy atom. The molecule has 0 aliphatic rings. The molecule has 1 aromatic carbocycles. The molecule has 0 bridgehead atoms. The fourth-order valence-electron chi connectivity index (χ4n) is 1.19. The number of aliphatic carboxylic acids is 1. The molecule has 0 aliphatic carbocycles. The van der Waals surface area contributed by atoms with E-state index in [1.807, 2.05) is 0 Å². The molecule has 0 fully saturated rings. The molecule has 0 heterocycles. The van der Waals surface area contributed by atoms with Crippen LogP contribution in [0.25, 0.3) is 0 Å². The Kier molecular flexibility index (Phi) is 3.83. The highest BCUT2D eigenvalue weighted by atomic mass is 79.9. The monoisotopic (exact) mass is 312 g/mol. The molecule has 0 spiro atoms. The first kappa shape index (κ1) is 14.0. The largest absolute Gasteiger partial charge is 0.479 e. The van der Waals surface area contributed by atoms with Crippen LogP contribution in [0.5, 0.6) is 0 Å². The standard InChI is InChI=1S/C10H8BrF3O3/c11-7-3-1-6(2-4-7)5-9(17,8(15)16)10(12,13)14/h1-4,17H,5H2,(H,15,16). The SMILES string of the molecule is O=C(O)C(O)(Cc1ccc(Br)cc1)C(F)(F)F. The lowest BCUT2D eigenvalue weighted by Crippen LogP contribution is -2.53. The molecule has 1 aromatic rings. The van der Waals surface area contributed by atoms with Gasteiger partial charge >= 0.3 is 12.1 Å². The van der Waals surface area contributed by atoms with Crippen LogP contribution in [0.4, 0.5) is 13.2 Å². The lowest BCUT2D eigenvalue weighted by Gasteiger charge is -2.26. The molecule has 3 nitrogen and oxygen atoms in total. The van der Waals surface area contributed by atoms with E-state index in [1.54, 1.807) is 0 Å². The fraction of sp³-hybridized carbons (Fsp3) is 0.300. The lowest BCUT2D eigenvalue weighted by molar-refractivity contribution is -0.259. The normalized spacial score (nSPS) is 15.4. The number of rotatable bonds is 3. The van der Waals surface area contributed by atoms with Crippen LogP contribution in [0.1, 0.15) is 5.56 Å². The van der Waals surface area contributed by atoms with Gasteiger partial charge in [0.15, 0.2) is 0 Å². The first-order chi connectivity index (χ1) is 7.67. The molecule has 17 heavy (non-hydrogen) atoms. The summed E-state index contributed by atoms with van der Waals surface area (Å²) in [5, 5.41) is 17.7. The zero-order valence-corrected chi connectivity index (χ0v) is 9.92. The van der Waals surface area contributed by atoms with E-state index in [2.05, 4.69) is 15.9 Å². The smallest absolute Gasteiger partial charge is 0.428 e. The average Bonchev–Trinajstić information content (AvgIpc) is 2.19. The van der Waals surface area contributed by atoms with Gasteiger partial charge in [-0.05, 0) is 17.7 Å². The average molecular weight is 313 g/mol. The van der Waals surface area contributed by atoms with Crippen LogP contribution >= 0.6 is 15.9 Å². The van der Waals surface area contributed by atoms with Crippen LogP contribution in [0.15, 0.2) is 28.7 Å². The summed E-state index contributed by atoms with van der Waals surface area (Å²) >= 11 is 3.09. The summed E-state index contributed by atoms with van der Waals surface area (Å²) in [5.41, 5.74) is -3.68. The van der Waals surface area contributed by atoms with E-state index in [-0.39, 0.29) is 5.56 Å². The Labute approximate surface area is 103 Å². The minimum atomic E-state index is -5.23. The van der Waals surface area contributed by atoms with Crippen molar-refractivity contribution in [1.82, 2.24) is 0 Å². The second kappa shape index (κ2) is 4.66. The van der Waals surface area contributed by atoms with Gasteiger partial charge in [-0.25, -0.2) is 4.79 Å². The first-order valence-corrected chi connectivity index (χ1v) is 5.23. The Bertz CT molecular complexity index is 416. The van der Waals surface area contributed by atoms with Crippen LogP contribution in [0, 0.1) is 0 Å². The Morgan fingerprint density at radius 3 is 2.06 bits per heavy atom. The zero-order chi connectivity index (χ0) is 13.3. The minimum absolute atomic E-state index is 0.0791. The van der Waals surface area contributed by atoms with E-state index in [0.29, 0.717) is 4.47 Å². The highest BCUT2D eigenvalue weighted by Gasteiger charge is 2.59. The summed E-state index contributed by atoms with van der Waals surface area (Å²) in [7, 11) is 0. The summed E-state index contributed by atoms with van der Waals surface area (Å²) < 4.78 is 38.1. The van der Waals surface area contributed by atoms with Crippen molar-refractivity contribution in [2.45, 2.75) is 18.2 Å². The molecule has 94 valence electrons. The second-order valence-electron chi connectivity index (χ2n) is 3.47. The Balaban J connectivity index is 3.04. The second-order valence-corrected chi connectivity index (χ2v) is 4.38. The Morgan fingerprint density at radius 1 is 1.24 bits per heavy atom. The molecule has 1 atom stereocenters. The summed E-state index contributed by atoms with van der Waals surface area (Å²) in [5.74, 6) is -2.31. The number of halogens is 4. The van der Waals surface area contributed by atoms with Gasteiger partial charge in [-0.2, -0.15) is 13.2 Å². The number of benzene rings is 1. The number of carbonyl (C=O) groups is 1. The first-order valence-electron chi connectivity index (χ1n) is 4.44. The van der Waals surface area contributed by atoms with Crippen molar-refractivity contribution in [2.24, 2.45) is 0 Å². The molecule has 0 saturated carbocycles. The van der Waals surface area contributed by atoms with E-state index in [1.165, 1.54) is 24.3 Å². The maximum atomic E-state index is 12.5. The highest BCUT2D eigenvalue weighted by molar-refractivity contribution is 9.10. The summed E-state index contributed by atoms with van der Waals surface area (Å²) in [6.07, 6.45) is -6.26. The molecule has 0 radical (unpaired) electrons. The van der Waals surface area contributed by atoms with Gasteiger partial charge in [-0.15, -0.1) is 0 Å². The van der Waals surface area contributed by atoms with Crippen LogP contribution in [0.2, 0.25) is 0 Å². The topological polar surface area (TPSA) is 57.5 Å². The van der Waals surface area contributed by atoms with E-state index in [0.717, 1.165) is 0 Å². The number of hydrogen-bond acceptors (Lipinski definition) is 2. The third-order valence-corrected chi connectivity index (χ3v) is 2.72. The van der Waals surface area contributed by atoms with Gasteiger partial charge in [0.1, 0.15) is 0 Å². The molecule has 2 N–H and O–H groups in total. The van der Waals surface area contributed by atoms with Crippen molar-refractivity contribution in [2.75, 3.05) is 0 Å². The van der Waals surface area contributed by atoms with Crippen molar-refractivity contribution in [1.29, 1.82) is 0 Å². The van der Waals surface area contributed by atoms with Gasteiger partial charge in [0.2, 0.25) is 0 Å². The highest BCUT2D eigenvalue weighted by Crippen LogP contribution is 2.33. The third kappa shape index (κ3) is 2.98. The maximum Gasteiger partial charge on any atom is 0.428 e. The molecule has 0 aliphatic heterocycles. The minimum Gasteiger partial charge on any atom is -0.479 e. The van der Waals surface area contributed by atoms with Crippen molar-refractivity contribution < 1.29 is 28.2 Å². The van der Waals surface area contributed by atoms with Crippen molar-refractivity contribution in [3.05, 3.63) is 34.3 Å². The van der Waals surface area contributed by atoms with Gasteiger partial charge < -0.3 is 10.2 Å². The van der Waals surface area contributed by atoms with Gasteiger partial charge in [0, 0.05) is 10.9 Å². The van der Waals surface area contributed by atoms with E-state index < -0.39 is 24.2 Å². The molecule has 1 unspecified atom stereocenters. The Hall–Kier alpha value is -1.08. The predicted molar refractivity (Wildman–Crippen MR) is 56.5 cm³/mol. The van der Waals surface area contributed by atoms with Crippen LogP contribution in [0.3, 0.4) is 0 Å². The summed E-state index contributed by atoms with van der Waals surface area (Å²) in [6, 6.07) is 5.55. The van der Waals surface area contributed by atoms with Crippen molar-refractivity contribution >= 4 is 21.9 Å². The molecular weight excluding hydrogens is 305 g/mol. The molecular formula is C10H8BrF3O3. The number of carboxylic acid groups (broad SMARTS) is 1. The quantitative estimate of drug-likeness (QED) is 0.901. The van der Waals surface area contributed by atoms with Crippen LogP contribution < -0.4 is 0 Å². The van der Waals surface area contributed by atoms with Crippen molar-refractivity contribution in [3.8, 4) is 0 Å². The molecule has 0 amide bonds. The summed E-state index contributed by atoms with van der Waals surface area (Å²) in [4.78, 5) is 10.6. The molecule has 7 heteroatoms. The predicted octanol–water partition coefficient (Wildman–Crippen LogP) is 2.37. The van der Waals surface area contributed by atoms with Gasteiger partial charge in [0.05, 0.1) is 0 Å². The maximum absolute atomic E-state index is 12.5. The number of hydrogen-bond donors (Lipinski definition) is 2. The number of aliphatic hydroxyl groups is 1. The van der Waals surface area contributed by atoms with E-state index in [9.17, 15) is 23.1 Å². The third-order valence-electron chi connectivity index (χ3n) is 2.20. The lowest BCUT2D eigenvalue weighted by atomic mass is 9.94. The molecule has 1 rings (SSSR count). The molecule has 0 saturated heterocycles. The number of carboxylic acids is 1. The van der Waals surface area contributed by atoms with Crippen LogP contribution in [-0.4, -0.2) is 28.0 Å². The zero-order valence-electron chi connectivity index (χ0n) is 8.33. The van der Waals surface area contributed by atoms with Crippen LogP contribution in [-0.2, 0) is 11.2 Å². The van der Waals surface area contributed by atoms with Gasteiger partial charge in [-0.3, -0.25) is 0 Å². The molecule has 0 aromatic heterocycles. The van der Waals surface area contributed by atoms with Gasteiger partial charge in [0.25, 0.3) is 5.60 Å². The van der Waals surface area contributed by atoms with E-state index in [4.69, 9.17) is 5.11 Å². The number of alkyl halides is 3. The van der Waals surface area contributed by atoms with E-state index >= 15 is 0 Å². The van der Waals surface area contributed by atoms with Crippen molar-refractivity contribution in [3.63, 3.8) is 0 Å². The van der Waals surface area contributed by atoms with Gasteiger partial charge in [-0.1, -0.05) is 28.1 Å². The fourth-order valence-corrected chi connectivity index (χ4v) is 1.46.